The lowest BCUT2D eigenvalue weighted by Gasteiger charge is -2.20. The van der Waals surface area contributed by atoms with Crippen LogP contribution in [-0.2, 0) is 11.2 Å². The van der Waals surface area contributed by atoms with Crippen LogP contribution in [0.1, 0.15) is 37.8 Å². The molecule has 0 aliphatic carbocycles. The molecule has 0 saturated heterocycles. The van der Waals surface area contributed by atoms with Gasteiger partial charge in [-0.15, -0.1) is 0 Å². The van der Waals surface area contributed by atoms with Crippen LogP contribution in [0.3, 0.4) is 0 Å². The van der Waals surface area contributed by atoms with Gasteiger partial charge in [0.2, 0.25) is 0 Å². The van der Waals surface area contributed by atoms with Crippen molar-refractivity contribution in [3.63, 3.8) is 0 Å². The van der Waals surface area contributed by atoms with Crippen LogP contribution in [0.25, 0.3) is 0 Å². The molecular formula is C15H21BrO4. The summed E-state index contributed by atoms with van der Waals surface area (Å²) in [6, 6.07) is 1.98. The Kier molecular flexibility index (Phi) is 5.87. The molecule has 0 radical (unpaired) electrons. The van der Waals surface area contributed by atoms with Gasteiger partial charge < -0.3 is 14.6 Å². The predicted octanol–water partition coefficient (Wildman–Crippen LogP) is 3.85. The molecule has 112 valence electrons. The molecule has 0 amide bonds. The Morgan fingerprint density at radius 2 is 1.80 bits per heavy atom. The van der Waals surface area contributed by atoms with Crippen LogP contribution in [0.2, 0.25) is 0 Å². The lowest BCUT2D eigenvalue weighted by molar-refractivity contribution is -0.141. The summed E-state index contributed by atoms with van der Waals surface area (Å²) in [5.41, 5.74) is 1.91. The number of hydrogen-bond donors (Lipinski definition) is 1. The number of carbonyl (C=O) groups is 1. The van der Waals surface area contributed by atoms with Crippen molar-refractivity contribution in [2.75, 3.05) is 14.2 Å². The predicted molar refractivity (Wildman–Crippen MR) is 81.8 cm³/mol. The summed E-state index contributed by atoms with van der Waals surface area (Å²) in [7, 11) is 3.19. The number of benzene rings is 1. The van der Waals surface area contributed by atoms with E-state index >= 15 is 0 Å². The minimum Gasteiger partial charge on any atom is -0.495 e. The first-order chi connectivity index (χ1) is 9.33. The number of halogens is 1. The number of carboxylic acid groups (broad SMARTS) is 1. The van der Waals surface area contributed by atoms with E-state index in [1.807, 2.05) is 6.07 Å². The second-order valence-electron chi connectivity index (χ2n) is 5.10. The van der Waals surface area contributed by atoms with Crippen molar-refractivity contribution >= 4 is 21.9 Å². The third-order valence-corrected chi connectivity index (χ3v) is 3.98. The van der Waals surface area contributed by atoms with Crippen molar-refractivity contribution in [3.05, 3.63) is 21.7 Å². The first-order valence-corrected chi connectivity index (χ1v) is 7.28. The molecule has 4 nitrogen and oxygen atoms in total. The van der Waals surface area contributed by atoms with Crippen molar-refractivity contribution in [3.8, 4) is 11.5 Å². The molecule has 0 aromatic heterocycles. The number of aliphatic carboxylic acids is 1. The number of methoxy groups -OCH3 is 2. The van der Waals surface area contributed by atoms with Gasteiger partial charge >= 0.3 is 5.97 Å². The Hall–Kier alpha value is -1.23. The van der Waals surface area contributed by atoms with E-state index in [1.54, 1.807) is 21.1 Å². The largest absolute Gasteiger partial charge is 0.495 e. The number of rotatable bonds is 6. The van der Waals surface area contributed by atoms with Crippen LogP contribution in [-0.4, -0.2) is 25.3 Å². The third kappa shape index (κ3) is 3.45. The highest BCUT2D eigenvalue weighted by Gasteiger charge is 2.22. The van der Waals surface area contributed by atoms with Gasteiger partial charge in [0.1, 0.15) is 16.0 Å². The van der Waals surface area contributed by atoms with E-state index in [0.29, 0.717) is 12.2 Å². The molecule has 0 heterocycles. The summed E-state index contributed by atoms with van der Waals surface area (Å²) in [5, 5.41) is 9.08. The van der Waals surface area contributed by atoms with Gasteiger partial charge in [0.25, 0.3) is 0 Å². The molecule has 1 rings (SSSR count). The first kappa shape index (κ1) is 16.8. The summed E-state index contributed by atoms with van der Waals surface area (Å²) in [5.74, 6) is 0.364. The fraction of sp³-hybridized carbons (Fsp3) is 0.533. The number of carboxylic acids is 1. The quantitative estimate of drug-likeness (QED) is 0.851. The van der Waals surface area contributed by atoms with E-state index in [0.717, 1.165) is 21.3 Å². The van der Waals surface area contributed by atoms with Crippen molar-refractivity contribution in [2.24, 2.45) is 5.92 Å². The van der Waals surface area contributed by atoms with Crippen LogP contribution >= 0.6 is 15.9 Å². The molecule has 20 heavy (non-hydrogen) atoms. The average molecular weight is 345 g/mol. The van der Waals surface area contributed by atoms with E-state index < -0.39 is 11.9 Å². The summed E-state index contributed by atoms with van der Waals surface area (Å²) in [6.45, 7) is 5.83. The van der Waals surface area contributed by atoms with Gasteiger partial charge in [-0.1, -0.05) is 20.8 Å². The van der Waals surface area contributed by atoms with Gasteiger partial charge in [-0.2, -0.15) is 0 Å². The molecule has 5 heteroatoms. The van der Waals surface area contributed by atoms with E-state index in [9.17, 15) is 4.79 Å². The van der Waals surface area contributed by atoms with Crippen LogP contribution in [0.15, 0.2) is 10.5 Å². The van der Waals surface area contributed by atoms with Gasteiger partial charge in [-0.3, -0.25) is 4.79 Å². The van der Waals surface area contributed by atoms with E-state index in [1.165, 1.54) is 0 Å². The van der Waals surface area contributed by atoms with E-state index in [2.05, 4.69) is 29.8 Å². The molecule has 0 spiro atoms. The van der Waals surface area contributed by atoms with Crippen molar-refractivity contribution in [2.45, 2.75) is 33.1 Å². The third-order valence-electron chi connectivity index (χ3n) is 3.26. The number of ether oxygens (including phenoxy) is 2. The Balaban J connectivity index is 3.39. The lowest BCUT2D eigenvalue weighted by atomic mass is 9.94. The highest BCUT2D eigenvalue weighted by Crippen LogP contribution is 2.43. The Bertz CT molecular complexity index is 497. The van der Waals surface area contributed by atoms with Crippen LogP contribution < -0.4 is 9.47 Å². The SMILES string of the molecule is COc1c(CC(C)C(=O)O)cc(C(C)C)c(OC)c1Br. The van der Waals surface area contributed by atoms with Crippen molar-refractivity contribution < 1.29 is 19.4 Å². The van der Waals surface area contributed by atoms with E-state index in [-0.39, 0.29) is 5.92 Å². The lowest BCUT2D eigenvalue weighted by Crippen LogP contribution is -2.13. The molecule has 0 saturated carbocycles. The van der Waals surface area contributed by atoms with Crippen molar-refractivity contribution in [1.29, 1.82) is 0 Å². The minimum atomic E-state index is -0.815. The van der Waals surface area contributed by atoms with Gasteiger partial charge in [0, 0.05) is 0 Å². The van der Waals surface area contributed by atoms with Gasteiger partial charge in [-0.05, 0) is 45.5 Å². The maximum absolute atomic E-state index is 11.1. The van der Waals surface area contributed by atoms with Crippen LogP contribution in [0.5, 0.6) is 11.5 Å². The summed E-state index contributed by atoms with van der Waals surface area (Å²) < 4.78 is 11.6. The summed E-state index contributed by atoms with van der Waals surface area (Å²) in [6.07, 6.45) is 0.417. The normalized spacial score (nSPS) is 12.3. The van der Waals surface area contributed by atoms with Crippen LogP contribution in [0, 0.1) is 5.92 Å². The highest BCUT2D eigenvalue weighted by atomic mass is 79.9. The Labute approximate surface area is 128 Å². The zero-order valence-corrected chi connectivity index (χ0v) is 14.1. The standard InChI is InChI=1S/C15H21BrO4/c1-8(2)11-7-10(6-9(3)15(17)18)13(19-4)12(16)14(11)20-5/h7-9H,6H2,1-5H3,(H,17,18). The van der Waals surface area contributed by atoms with E-state index in [4.69, 9.17) is 14.6 Å². The van der Waals surface area contributed by atoms with Crippen molar-refractivity contribution in [1.82, 2.24) is 0 Å². The molecule has 0 bridgehead atoms. The van der Waals surface area contributed by atoms with Gasteiger partial charge in [0.15, 0.2) is 0 Å². The summed E-state index contributed by atoms with van der Waals surface area (Å²) in [4.78, 5) is 11.1. The molecule has 1 aromatic rings. The highest BCUT2D eigenvalue weighted by molar-refractivity contribution is 9.10. The Morgan fingerprint density at radius 1 is 1.25 bits per heavy atom. The minimum absolute atomic E-state index is 0.269. The second kappa shape index (κ2) is 6.97. The monoisotopic (exact) mass is 344 g/mol. The average Bonchev–Trinajstić information content (AvgIpc) is 2.38. The van der Waals surface area contributed by atoms with Gasteiger partial charge in [-0.25, -0.2) is 0 Å². The molecule has 0 aliphatic rings. The fourth-order valence-electron chi connectivity index (χ4n) is 2.12. The molecular weight excluding hydrogens is 324 g/mol. The zero-order chi connectivity index (χ0) is 15.4. The number of hydrogen-bond acceptors (Lipinski definition) is 3. The molecule has 1 aromatic carbocycles. The smallest absolute Gasteiger partial charge is 0.306 e. The maximum atomic E-state index is 11.1. The zero-order valence-electron chi connectivity index (χ0n) is 12.5. The molecule has 1 N–H and O–H groups in total. The van der Waals surface area contributed by atoms with Gasteiger partial charge in [0.05, 0.1) is 20.1 Å². The summed E-state index contributed by atoms with van der Waals surface area (Å²) >= 11 is 3.50. The maximum Gasteiger partial charge on any atom is 0.306 e. The topological polar surface area (TPSA) is 55.8 Å². The second-order valence-corrected chi connectivity index (χ2v) is 5.90. The van der Waals surface area contributed by atoms with Crippen LogP contribution in [0.4, 0.5) is 0 Å². The first-order valence-electron chi connectivity index (χ1n) is 6.49. The molecule has 1 unspecified atom stereocenters. The Morgan fingerprint density at radius 3 is 2.20 bits per heavy atom. The fourth-order valence-corrected chi connectivity index (χ4v) is 2.92. The molecule has 0 fully saturated rings. The molecule has 1 atom stereocenters. The molecule has 0 aliphatic heterocycles.